The van der Waals surface area contributed by atoms with Gasteiger partial charge in [0.1, 0.15) is 5.60 Å². The van der Waals surface area contributed by atoms with Crippen LogP contribution >= 0.6 is 11.3 Å². The van der Waals surface area contributed by atoms with E-state index in [-0.39, 0.29) is 6.54 Å². The zero-order valence-corrected chi connectivity index (χ0v) is 13.9. The summed E-state index contributed by atoms with van der Waals surface area (Å²) in [6, 6.07) is 1.91. The van der Waals surface area contributed by atoms with E-state index in [2.05, 4.69) is 15.2 Å². The first-order chi connectivity index (χ1) is 10.6. The average Bonchev–Trinajstić information content (AvgIpc) is 3.06. The fraction of sp³-hybridized carbons (Fsp3) is 0.667. The van der Waals surface area contributed by atoms with Crippen molar-refractivity contribution in [3.63, 3.8) is 0 Å². The van der Waals surface area contributed by atoms with E-state index < -0.39 is 5.60 Å². The number of aliphatic imine (C=N–C) groups is 1. The quantitative estimate of drug-likeness (QED) is 0.388. The number of rotatable bonds is 7. The fourth-order valence-electron chi connectivity index (χ4n) is 2.30. The highest BCUT2D eigenvalue weighted by Crippen LogP contribution is 2.22. The number of morpholine rings is 1. The molecule has 6 nitrogen and oxygen atoms in total. The van der Waals surface area contributed by atoms with Crippen molar-refractivity contribution >= 4 is 17.3 Å². The zero-order valence-electron chi connectivity index (χ0n) is 13.1. The van der Waals surface area contributed by atoms with Crippen molar-refractivity contribution < 1.29 is 9.84 Å². The van der Waals surface area contributed by atoms with Crippen molar-refractivity contribution in [3.05, 3.63) is 22.4 Å². The molecule has 124 valence electrons. The van der Waals surface area contributed by atoms with E-state index in [1.54, 1.807) is 18.3 Å². The van der Waals surface area contributed by atoms with Crippen LogP contribution in [0.1, 0.15) is 18.9 Å². The van der Waals surface area contributed by atoms with E-state index in [9.17, 15) is 5.11 Å². The number of aliphatic hydroxyl groups is 1. The summed E-state index contributed by atoms with van der Waals surface area (Å²) in [6.45, 7) is 7.50. The molecule has 0 bridgehead atoms. The lowest BCUT2D eigenvalue weighted by molar-refractivity contribution is 0.0376. The summed E-state index contributed by atoms with van der Waals surface area (Å²) in [5, 5.41) is 17.3. The van der Waals surface area contributed by atoms with Crippen LogP contribution in [0.25, 0.3) is 0 Å². The second-order valence-corrected chi connectivity index (χ2v) is 6.50. The Bertz CT molecular complexity index is 456. The molecule has 7 heteroatoms. The molecule has 0 saturated carbocycles. The van der Waals surface area contributed by atoms with Crippen LogP contribution in [-0.2, 0) is 10.3 Å². The predicted octanol–water partition coefficient (Wildman–Crippen LogP) is 0.582. The summed E-state index contributed by atoms with van der Waals surface area (Å²) >= 11 is 1.56. The van der Waals surface area contributed by atoms with Crippen molar-refractivity contribution in [1.29, 1.82) is 0 Å². The number of nitrogens with zero attached hydrogens (tertiary/aromatic N) is 2. The summed E-state index contributed by atoms with van der Waals surface area (Å²) in [5.41, 5.74) is 5.75. The van der Waals surface area contributed by atoms with Gasteiger partial charge in [-0.2, -0.15) is 11.3 Å². The molecule has 1 aliphatic heterocycles. The van der Waals surface area contributed by atoms with Crippen LogP contribution in [0.4, 0.5) is 0 Å². The van der Waals surface area contributed by atoms with Gasteiger partial charge in [-0.1, -0.05) is 0 Å². The highest BCUT2D eigenvalue weighted by molar-refractivity contribution is 7.08. The SMILES string of the molecule is CC(O)(CN=C(N)NCCCN1CCOCC1)c1ccsc1. The fourth-order valence-corrected chi connectivity index (χ4v) is 3.08. The molecule has 0 aromatic carbocycles. The van der Waals surface area contributed by atoms with Gasteiger partial charge in [0, 0.05) is 19.6 Å². The van der Waals surface area contributed by atoms with E-state index in [0.717, 1.165) is 51.4 Å². The molecule has 22 heavy (non-hydrogen) atoms. The van der Waals surface area contributed by atoms with Crippen molar-refractivity contribution in [3.8, 4) is 0 Å². The van der Waals surface area contributed by atoms with Crippen molar-refractivity contribution in [1.82, 2.24) is 10.2 Å². The zero-order chi connectivity index (χ0) is 15.8. The number of hydrogen-bond acceptors (Lipinski definition) is 5. The molecule has 4 N–H and O–H groups in total. The van der Waals surface area contributed by atoms with Gasteiger partial charge in [-0.15, -0.1) is 0 Å². The van der Waals surface area contributed by atoms with E-state index in [1.165, 1.54) is 0 Å². The Hall–Kier alpha value is -1.15. The van der Waals surface area contributed by atoms with Gasteiger partial charge >= 0.3 is 0 Å². The molecule has 1 fully saturated rings. The molecule has 1 atom stereocenters. The molecule has 1 aromatic rings. The van der Waals surface area contributed by atoms with Crippen LogP contribution in [0.5, 0.6) is 0 Å². The largest absolute Gasteiger partial charge is 0.383 e. The highest BCUT2D eigenvalue weighted by atomic mass is 32.1. The minimum atomic E-state index is -0.972. The van der Waals surface area contributed by atoms with Crippen molar-refractivity contribution in [2.45, 2.75) is 18.9 Å². The Morgan fingerprint density at radius 3 is 3.00 bits per heavy atom. The third-order valence-corrected chi connectivity index (χ3v) is 4.44. The van der Waals surface area contributed by atoms with Crippen LogP contribution in [0.3, 0.4) is 0 Å². The highest BCUT2D eigenvalue weighted by Gasteiger charge is 2.23. The van der Waals surface area contributed by atoms with Crippen LogP contribution in [0, 0.1) is 0 Å². The lowest BCUT2D eigenvalue weighted by Crippen LogP contribution is -2.39. The minimum absolute atomic E-state index is 0.256. The van der Waals surface area contributed by atoms with Gasteiger partial charge < -0.3 is 20.9 Å². The van der Waals surface area contributed by atoms with E-state index in [1.807, 2.05) is 16.8 Å². The lowest BCUT2D eigenvalue weighted by Gasteiger charge is -2.26. The van der Waals surface area contributed by atoms with Crippen molar-refractivity contribution in [2.24, 2.45) is 10.7 Å². The van der Waals surface area contributed by atoms with Crippen molar-refractivity contribution in [2.75, 3.05) is 45.9 Å². The van der Waals surface area contributed by atoms with Gasteiger partial charge in [-0.05, 0) is 42.3 Å². The molecule has 1 saturated heterocycles. The topological polar surface area (TPSA) is 83.1 Å². The Morgan fingerprint density at radius 1 is 1.55 bits per heavy atom. The van der Waals surface area contributed by atoms with Gasteiger partial charge in [-0.3, -0.25) is 9.89 Å². The van der Waals surface area contributed by atoms with Gasteiger partial charge in [0.05, 0.1) is 19.8 Å². The van der Waals surface area contributed by atoms with Crippen LogP contribution in [-0.4, -0.2) is 61.9 Å². The molecule has 0 spiro atoms. The average molecular weight is 326 g/mol. The Labute approximate surface area is 136 Å². The number of hydrogen-bond donors (Lipinski definition) is 3. The molecule has 2 heterocycles. The first-order valence-electron chi connectivity index (χ1n) is 7.67. The maximum absolute atomic E-state index is 10.4. The summed E-state index contributed by atoms with van der Waals surface area (Å²) in [7, 11) is 0. The summed E-state index contributed by atoms with van der Waals surface area (Å²) in [6.07, 6.45) is 1.01. The van der Waals surface area contributed by atoms with E-state index in [4.69, 9.17) is 10.5 Å². The van der Waals surface area contributed by atoms with Crippen LogP contribution in [0.2, 0.25) is 0 Å². The van der Waals surface area contributed by atoms with E-state index in [0.29, 0.717) is 5.96 Å². The minimum Gasteiger partial charge on any atom is -0.383 e. The first kappa shape index (κ1) is 17.2. The lowest BCUT2D eigenvalue weighted by atomic mass is 10.00. The number of ether oxygens (including phenoxy) is 1. The molecule has 2 rings (SSSR count). The summed E-state index contributed by atoms with van der Waals surface area (Å²) < 4.78 is 5.32. The normalized spacial score (nSPS) is 19.8. The molecular formula is C15H26N4O2S. The molecule has 0 radical (unpaired) electrons. The predicted molar refractivity (Wildman–Crippen MR) is 90.3 cm³/mol. The van der Waals surface area contributed by atoms with Gasteiger partial charge in [-0.25, -0.2) is 0 Å². The van der Waals surface area contributed by atoms with E-state index >= 15 is 0 Å². The second kappa shape index (κ2) is 8.47. The maximum atomic E-state index is 10.4. The molecule has 1 aliphatic rings. The molecule has 1 unspecified atom stereocenters. The number of guanidine groups is 1. The third-order valence-electron chi connectivity index (χ3n) is 3.76. The second-order valence-electron chi connectivity index (χ2n) is 5.72. The Morgan fingerprint density at radius 2 is 2.32 bits per heavy atom. The Balaban J connectivity index is 1.65. The molecule has 1 aromatic heterocycles. The first-order valence-corrected chi connectivity index (χ1v) is 8.61. The smallest absolute Gasteiger partial charge is 0.188 e. The van der Waals surface area contributed by atoms with Crippen LogP contribution in [0.15, 0.2) is 21.8 Å². The maximum Gasteiger partial charge on any atom is 0.188 e. The van der Waals surface area contributed by atoms with Gasteiger partial charge in [0.25, 0.3) is 0 Å². The van der Waals surface area contributed by atoms with Gasteiger partial charge in [0.15, 0.2) is 5.96 Å². The number of thiophene rings is 1. The van der Waals surface area contributed by atoms with Crippen LogP contribution < -0.4 is 11.1 Å². The molecule has 0 amide bonds. The standard InChI is InChI=1S/C15H26N4O2S/c1-15(20,13-3-10-22-11-13)12-18-14(16)17-4-2-5-19-6-8-21-9-7-19/h3,10-11,20H,2,4-9,12H2,1H3,(H3,16,17,18). The molecular weight excluding hydrogens is 300 g/mol. The monoisotopic (exact) mass is 326 g/mol. The third kappa shape index (κ3) is 5.57. The Kier molecular flexibility index (Phi) is 6.63. The van der Waals surface area contributed by atoms with Gasteiger partial charge in [0.2, 0.25) is 0 Å². The summed E-state index contributed by atoms with van der Waals surface area (Å²) in [4.78, 5) is 6.63. The summed E-state index contributed by atoms with van der Waals surface area (Å²) in [5.74, 6) is 0.387. The number of nitrogens with two attached hydrogens (primary N) is 1. The number of nitrogens with one attached hydrogen (secondary N) is 1. The molecule has 0 aliphatic carbocycles.